The Morgan fingerprint density at radius 1 is 1.37 bits per heavy atom. The zero-order valence-electron chi connectivity index (χ0n) is 11.4. The third-order valence-electron chi connectivity index (χ3n) is 3.11. The molecule has 0 aromatic carbocycles. The lowest BCUT2D eigenvalue weighted by molar-refractivity contribution is -0.139. The van der Waals surface area contributed by atoms with Crippen LogP contribution in [-0.4, -0.2) is 53.7 Å². The summed E-state index contributed by atoms with van der Waals surface area (Å²) in [6.07, 6.45) is 4.11. The van der Waals surface area contributed by atoms with Crippen molar-refractivity contribution < 1.29 is 14.7 Å². The van der Waals surface area contributed by atoms with Gasteiger partial charge in [-0.05, 0) is 39.3 Å². The van der Waals surface area contributed by atoms with E-state index in [-0.39, 0.29) is 12.5 Å². The zero-order valence-corrected chi connectivity index (χ0v) is 11.4. The number of amides is 2. The average Bonchev–Trinajstić information content (AvgIpc) is 2.80. The maximum Gasteiger partial charge on any atom is 0.326 e. The van der Waals surface area contributed by atoms with Crippen LogP contribution in [0.4, 0.5) is 4.79 Å². The Hall–Kier alpha value is -1.56. The molecule has 2 unspecified atom stereocenters. The Labute approximate surface area is 113 Å². The van der Waals surface area contributed by atoms with Gasteiger partial charge in [-0.15, -0.1) is 6.58 Å². The minimum Gasteiger partial charge on any atom is -0.480 e. The van der Waals surface area contributed by atoms with E-state index in [1.165, 1.54) is 18.9 Å². The summed E-state index contributed by atoms with van der Waals surface area (Å²) in [5.74, 6) is -1.05. The van der Waals surface area contributed by atoms with Crippen LogP contribution >= 0.6 is 0 Å². The van der Waals surface area contributed by atoms with Crippen molar-refractivity contribution in [1.82, 2.24) is 15.5 Å². The lowest BCUT2D eigenvalue weighted by Gasteiger charge is -2.22. The summed E-state index contributed by atoms with van der Waals surface area (Å²) in [6.45, 7) is 8.34. The van der Waals surface area contributed by atoms with Gasteiger partial charge >= 0.3 is 12.0 Å². The maximum atomic E-state index is 11.7. The summed E-state index contributed by atoms with van der Waals surface area (Å²) in [4.78, 5) is 24.9. The number of nitrogens with one attached hydrogen (secondary N) is 2. The number of hydrogen-bond donors (Lipinski definition) is 3. The highest BCUT2D eigenvalue weighted by Crippen LogP contribution is 2.07. The van der Waals surface area contributed by atoms with Gasteiger partial charge in [-0.1, -0.05) is 6.08 Å². The fourth-order valence-electron chi connectivity index (χ4n) is 2.21. The molecule has 1 aliphatic rings. The van der Waals surface area contributed by atoms with Crippen LogP contribution in [0.2, 0.25) is 0 Å². The Kier molecular flexibility index (Phi) is 6.35. The van der Waals surface area contributed by atoms with Crippen molar-refractivity contribution in [3.63, 3.8) is 0 Å². The Balaban J connectivity index is 2.31. The van der Waals surface area contributed by atoms with Gasteiger partial charge < -0.3 is 20.6 Å². The normalized spacial score (nSPS) is 18.6. The van der Waals surface area contributed by atoms with Crippen LogP contribution in [0.5, 0.6) is 0 Å². The second-order valence-corrected chi connectivity index (χ2v) is 4.94. The Morgan fingerprint density at radius 2 is 2.00 bits per heavy atom. The van der Waals surface area contributed by atoms with Crippen molar-refractivity contribution in [3.8, 4) is 0 Å². The molecule has 3 N–H and O–H groups in total. The van der Waals surface area contributed by atoms with E-state index in [1.807, 2.05) is 6.92 Å². The molecule has 108 valence electrons. The highest BCUT2D eigenvalue weighted by Gasteiger charge is 2.20. The molecule has 19 heavy (non-hydrogen) atoms. The van der Waals surface area contributed by atoms with E-state index in [0.29, 0.717) is 0 Å². The van der Waals surface area contributed by atoms with E-state index in [0.717, 1.165) is 19.6 Å². The van der Waals surface area contributed by atoms with Crippen LogP contribution in [0.15, 0.2) is 12.7 Å². The number of carboxylic acids is 1. The van der Waals surface area contributed by atoms with Crippen molar-refractivity contribution in [2.24, 2.45) is 0 Å². The number of urea groups is 1. The molecule has 0 aromatic rings. The van der Waals surface area contributed by atoms with Crippen LogP contribution in [0.25, 0.3) is 0 Å². The molecule has 1 saturated heterocycles. The van der Waals surface area contributed by atoms with Crippen LogP contribution in [0.3, 0.4) is 0 Å². The monoisotopic (exact) mass is 269 g/mol. The molecule has 2 amide bonds. The summed E-state index contributed by atoms with van der Waals surface area (Å²) in [5, 5.41) is 14.1. The molecule has 0 saturated carbocycles. The first kappa shape index (κ1) is 15.5. The molecule has 6 nitrogen and oxygen atoms in total. The van der Waals surface area contributed by atoms with Crippen molar-refractivity contribution in [2.75, 3.05) is 19.6 Å². The molecule has 0 spiro atoms. The predicted molar refractivity (Wildman–Crippen MR) is 73.0 cm³/mol. The summed E-state index contributed by atoms with van der Waals surface area (Å²) >= 11 is 0. The highest BCUT2D eigenvalue weighted by atomic mass is 16.4. The summed E-state index contributed by atoms with van der Waals surface area (Å²) in [6, 6.07) is -1.37. The molecule has 1 rings (SSSR count). The zero-order chi connectivity index (χ0) is 14.3. The highest BCUT2D eigenvalue weighted by molar-refractivity contribution is 5.82. The summed E-state index contributed by atoms with van der Waals surface area (Å²) in [7, 11) is 0. The fourth-order valence-corrected chi connectivity index (χ4v) is 2.21. The van der Waals surface area contributed by atoms with Gasteiger partial charge in [-0.3, -0.25) is 0 Å². The van der Waals surface area contributed by atoms with E-state index < -0.39 is 18.0 Å². The van der Waals surface area contributed by atoms with E-state index in [2.05, 4.69) is 22.1 Å². The number of nitrogens with zero attached hydrogens (tertiary/aromatic N) is 1. The number of carbonyl (C=O) groups is 2. The summed E-state index contributed by atoms with van der Waals surface area (Å²) in [5.41, 5.74) is 0. The number of aliphatic carboxylic acids is 1. The molecule has 0 aromatic heterocycles. The van der Waals surface area contributed by atoms with E-state index in [4.69, 9.17) is 5.11 Å². The second-order valence-electron chi connectivity index (χ2n) is 4.94. The van der Waals surface area contributed by atoms with Crippen molar-refractivity contribution in [1.29, 1.82) is 0 Å². The minimum atomic E-state index is -1.05. The summed E-state index contributed by atoms with van der Waals surface area (Å²) < 4.78 is 0. The lowest BCUT2D eigenvalue weighted by Crippen LogP contribution is -2.50. The average molecular weight is 269 g/mol. The molecule has 2 atom stereocenters. The molecule has 0 bridgehead atoms. The Morgan fingerprint density at radius 3 is 2.53 bits per heavy atom. The third-order valence-corrected chi connectivity index (χ3v) is 3.11. The first-order valence-corrected chi connectivity index (χ1v) is 6.66. The number of rotatable bonds is 7. The second kappa shape index (κ2) is 7.78. The first-order chi connectivity index (χ1) is 9.02. The van der Waals surface area contributed by atoms with Crippen LogP contribution in [-0.2, 0) is 4.79 Å². The van der Waals surface area contributed by atoms with E-state index >= 15 is 0 Å². The van der Waals surface area contributed by atoms with Gasteiger partial charge in [0.25, 0.3) is 0 Å². The molecule has 0 radical (unpaired) electrons. The molecular weight excluding hydrogens is 246 g/mol. The van der Waals surface area contributed by atoms with Gasteiger partial charge in [0.2, 0.25) is 0 Å². The lowest BCUT2D eigenvalue weighted by atomic mass is 10.2. The maximum absolute atomic E-state index is 11.7. The number of hydrogen-bond acceptors (Lipinski definition) is 3. The van der Waals surface area contributed by atoms with Crippen molar-refractivity contribution in [3.05, 3.63) is 12.7 Å². The molecule has 0 aliphatic carbocycles. The van der Waals surface area contributed by atoms with Crippen molar-refractivity contribution >= 4 is 12.0 Å². The predicted octanol–water partition coefficient (Wildman–Crippen LogP) is 0.799. The van der Waals surface area contributed by atoms with Crippen molar-refractivity contribution in [2.45, 2.75) is 38.3 Å². The molecular formula is C13H23N3O3. The van der Waals surface area contributed by atoms with Gasteiger partial charge in [0, 0.05) is 12.6 Å². The number of carboxylic acid groups (broad SMARTS) is 1. The number of carbonyl (C=O) groups excluding carboxylic acids is 1. The largest absolute Gasteiger partial charge is 0.480 e. The SMILES string of the molecule is C=CCC(NC(=O)NC(C)CN1CCCC1)C(=O)O. The number of likely N-dealkylation sites (tertiary alicyclic amines) is 1. The quantitative estimate of drug-likeness (QED) is 0.597. The minimum absolute atomic E-state index is 0.00345. The topological polar surface area (TPSA) is 81.7 Å². The van der Waals surface area contributed by atoms with Gasteiger partial charge in [0.05, 0.1) is 0 Å². The third kappa shape index (κ3) is 5.74. The molecule has 6 heteroatoms. The van der Waals surface area contributed by atoms with Gasteiger partial charge in [0.1, 0.15) is 6.04 Å². The molecule has 1 fully saturated rings. The van der Waals surface area contributed by atoms with Crippen LogP contribution in [0, 0.1) is 0 Å². The molecule has 1 aliphatic heterocycles. The smallest absolute Gasteiger partial charge is 0.326 e. The first-order valence-electron chi connectivity index (χ1n) is 6.66. The Bertz CT molecular complexity index is 327. The van der Waals surface area contributed by atoms with Crippen LogP contribution in [0.1, 0.15) is 26.2 Å². The van der Waals surface area contributed by atoms with E-state index in [1.54, 1.807) is 0 Å². The van der Waals surface area contributed by atoms with Crippen LogP contribution < -0.4 is 10.6 Å². The standard InChI is InChI=1S/C13H23N3O3/c1-3-6-11(12(17)18)15-13(19)14-10(2)9-16-7-4-5-8-16/h3,10-11H,1,4-9H2,2H3,(H,17,18)(H2,14,15,19). The fraction of sp³-hybridized carbons (Fsp3) is 0.692. The van der Waals surface area contributed by atoms with E-state index in [9.17, 15) is 9.59 Å². The molecule has 1 heterocycles. The van der Waals surface area contributed by atoms with Gasteiger partial charge in [-0.25, -0.2) is 9.59 Å². The van der Waals surface area contributed by atoms with Gasteiger partial charge in [-0.2, -0.15) is 0 Å². The van der Waals surface area contributed by atoms with Gasteiger partial charge in [0.15, 0.2) is 0 Å².